The van der Waals surface area contributed by atoms with E-state index in [9.17, 15) is 9.18 Å². The minimum absolute atomic E-state index is 0.267. The van der Waals surface area contributed by atoms with Gasteiger partial charge >= 0.3 is 6.03 Å². The number of carbonyl (C=O) groups is 1. The molecule has 5 nitrogen and oxygen atoms in total. The van der Waals surface area contributed by atoms with Gasteiger partial charge in [-0.3, -0.25) is 5.32 Å². The third-order valence-electron chi connectivity index (χ3n) is 3.03. The van der Waals surface area contributed by atoms with E-state index in [1.165, 1.54) is 23.9 Å². The second-order valence-electron chi connectivity index (χ2n) is 4.86. The molecule has 2 aromatic carbocycles. The summed E-state index contributed by atoms with van der Waals surface area (Å²) in [7, 11) is 0. The second kappa shape index (κ2) is 8.28. The quantitative estimate of drug-likeness (QED) is 0.579. The van der Waals surface area contributed by atoms with Crippen molar-refractivity contribution in [2.75, 3.05) is 10.6 Å². The van der Waals surface area contributed by atoms with Gasteiger partial charge in [-0.1, -0.05) is 47.6 Å². The number of nitrogens with one attached hydrogen (secondary N) is 2. The van der Waals surface area contributed by atoms with Crippen LogP contribution in [-0.4, -0.2) is 15.4 Å². The highest BCUT2D eigenvalue weighted by atomic mass is 35.5. The Morgan fingerprint density at radius 3 is 2.68 bits per heavy atom. The van der Waals surface area contributed by atoms with E-state index in [1.54, 1.807) is 36.4 Å². The second-order valence-corrected chi connectivity index (χ2v) is 6.96. The summed E-state index contributed by atoms with van der Waals surface area (Å²) in [5.74, 6) is 0.346. The van der Waals surface area contributed by atoms with Crippen molar-refractivity contribution in [3.05, 3.63) is 64.9 Å². The normalized spacial score (nSPS) is 10.5. The predicted octanol–water partition coefficient (Wildman–Crippen LogP) is 5.27. The number of anilines is 2. The highest BCUT2D eigenvalue weighted by Gasteiger charge is 2.10. The Kier molecular flexibility index (Phi) is 5.85. The summed E-state index contributed by atoms with van der Waals surface area (Å²) in [6, 6.07) is 12.7. The SMILES string of the molecule is O=C(Nc1nc(SCc2ccc(F)cc2)ns1)Nc1ccccc1Cl. The van der Waals surface area contributed by atoms with Gasteiger partial charge < -0.3 is 5.32 Å². The van der Waals surface area contributed by atoms with Gasteiger partial charge in [-0.05, 0) is 29.8 Å². The Hall–Kier alpha value is -2.16. The van der Waals surface area contributed by atoms with Gasteiger partial charge in [-0.15, -0.1) is 0 Å². The zero-order valence-corrected chi connectivity index (χ0v) is 15.1. The molecule has 25 heavy (non-hydrogen) atoms. The molecule has 0 radical (unpaired) electrons. The van der Waals surface area contributed by atoms with Gasteiger partial charge in [0.15, 0.2) is 0 Å². The van der Waals surface area contributed by atoms with Crippen LogP contribution in [0.25, 0.3) is 0 Å². The van der Waals surface area contributed by atoms with E-state index in [4.69, 9.17) is 11.6 Å². The van der Waals surface area contributed by atoms with Crippen LogP contribution in [0, 0.1) is 5.82 Å². The minimum Gasteiger partial charge on any atom is -0.306 e. The summed E-state index contributed by atoms with van der Waals surface area (Å²) in [6.07, 6.45) is 0. The zero-order valence-electron chi connectivity index (χ0n) is 12.7. The Morgan fingerprint density at radius 1 is 1.16 bits per heavy atom. The number of nitrogens with zero attached hydrogens (tertiary/aromatic N) is 2. The first-order valence-corrected chi connectivity index (χ1v) is 9.27. The standard InChI is InChI=1S/C16H12ClFN4OS2/c17-12-3-1-2-4-13(12)19-14(23)20-15-21-16(22-25-15)24-9-10-5-7-11(18)8-6-10/h1-8H,9H2,(H2,19,20,21,22,23). The maximum atomic E-state index is 12.9. The number of para-hydroxylation sites is 1. The largest absolute Gasteiger partial charge is 0.325 e. The van der Waals surface area contributed by atoms with Crippen molar-refractivity contribution in [2.24, 2.45) is 0 Å². The molecule has 1 aromatic heterocycles. The molecule has 0 unspecified atom stereocenters. The van der Waals surface area contributed by atoms with Crippen LogP contribution in [0.3, 0.4) is 0 Å². The Balaban J connectivity index is 1.53. The average molecular weight is 395 g/mol. The molecule has 2 amide bonds. The lowest BCUT2D eigenvalue weighted by Gasteiger charge is -2.06. The predicted molar refractivity (Wildman–Crippen MR) is 100.0 cm³/mol. The summed E-state index contributed by atoms with van der Waals surface area (Å²) in [5, 5.41) is 6.64. The topological polar surface area (TPSA) is 66.9 Å². The number of thioether (sulfide) groups is 1. The molecule has 0 saturated heterocycles. The van der Waals surface area contributed by atoms with Crippen LogP contribution in [-0.2, 0) is 5.75 Å². The number of hydrogen-bond donors (Lipinski definition) is 2. The van der Waals surface area contributed by atoms with Crippen LogP contribution in [0.5, 0.6) is 0 Å². The number of aromatic nitrogens is 2. The summed E-state index contributed by atoms with van der Waals surface area (Å²) >= 11 is 8.48. The highest BCUT2D eigenvalue weighted by molar-refractivity contribution is 7.98. The highest BCUT2D eigenvalue weighted by Crippen LogP contribution is 2.24. The van der Waals surface area contributed by atoms with E-state index in [0.717, 1.165) is 17.1 Å². The summed E-state index contributed by atoms with van der Waals surface area (Å²) in [5.41, 5.74) is 1.48. The fraction of sp³-hybridized carbons (Fsp3) is 0.0625. The first-order chi connectivity index (χ1) is 12.1. The Bertz CT molecular complexity index is 873. The lowest BCUT2D eigenvalue weighted by atomic mass is 10.2. The van der Waals surface area contributed by atoms with Crippen molar-refractivity contribution in [3.63, 3.8) is 0 Å². The number of halogens is 2. The van der Waals surface area contributed by atoms with Crippen LogP contribution >= 0.6 is 34.9 Å². The third kappa shape index (κ3) is 5.15. The van der Waals surface area contributed by atoms with Crippen molar-refractivity contribution < 1.29 is 9.18 Å². The Morgan fingerprint density at radius 2 is 1.92 bits per heavy atom. The first-order valence-electron chi connectivity index (χ1n) is 7.13. The van der Waals surface area contributed by atoms with E-state index in [-0.39, 0.29) is 5.82 Å². The molecule has 0 spiro atoms. The van der Waals surface area contributed by atoms with Gasteiger partial charge in [0.1, 0.15) is 5.82 Å². The van der Waals surface area contributed by atoms with E-state index < -0.39 is 6.03 Å². The van der Waals surface area contributed by atoms with E-state index in [2.05, 4.69) is 20.0 Å². The lowest BCUT2D eigenvalue weighted by molar-refractivity contribution is 0.262. The maximum Gasteiger partial charge on any atom is 0.325 e. The van der Waals surface area contributed by atoms with Gasteiger partial charge in [0, 0.05) is 17.3 Å². The van der Waals surface area contributed by atoms with Crippen molar-refractivity contribution in [2.45, 2.75) is 10.9 Å². The van der Waals surface area contributed by atoms with Crippen molar-refractivity contribution in [3.8, 4) is 0 Å². The van der Waals surface area contributed by atoms with E-state index in [0.29, 0.717) is 26.8 Å². The molecule has 0 atom stereocenters. The summed E-state index contributed by atoms with van der Waals surface area (Å²) in [6.45, 7) is 0. The molecule has 1 heterocycles. The molecule has 9 heteroatoms. The van der Waals surface area contributed by atoms with Crippen molar-refractivity contribution in [1.82, 2.24) is 9.36 Å². The Labute approximate surface area is 156 Å². The van der Waals surface area contributed by atoms with E-state index >= 15 is 0 Å². The van der Waals surface area contributed by atoms with Gasteiger partial charge in [0.25, 0.3) is 0 Å². The van der Waals surface area contributed by atoms with Crippen LogP contribution in [0.4, 0.5) is 20.0 Å². The molecular weight excluding hydrogens is 383 g/mol. The third-order valence-corrected chi connectivity index (χ3v) is 5.03. The fourth-order valence-electron chi connectivity index (χ4n) is 1.86. The molecule has 2 N–H and O–H groups in total. The molecule has 3 rings (SSSR count). The smallest absolute Gasteiger partial charge is 0.306 e. The van der Waals surface area contributed by atoms with Gasteiger partial charge in [0.05, 0.1) is 10.7 Å². The molecule has 0 saturated carbocycles. The number of carbonyl (C=O) groups excluding carboxylic acids is 1. The number of rotatable bonds is 5. The molecule has 128 valence electrons. The van der Waals surface area contributed by atoms with Crippen molar-refractivity contribution >= 4 is 51.7 Å². The average Bonchev–Trinajstić information content (AvgIpc) is 3.04. The minimum atomic E-state index is -0.445. The molecule has 3 aromatic rings. The van der Waals surface area contributed by atoms with Crippen LogP contribution < -0.4 is 10.6 Å². The van der Waals surface area contributed by atoms with Crippen LogP contribution in [0.15, 0.2) is 53.7 Å². The van der Waals surface area contributed by atoms with Crippen molar-refractivity contribution in [1.29, 1.82) is 0 Å². The monoisotopic (exact) mass is 394 g/mol. The molecule has 0 aliphatic heterocycles. The van der Waals surface area contributed by atoms with Gasteiger partial charge in [-0.2, -0.15) is 9.36 Å². The van der Waals surface area contributed by atoms with Gasteiger partial charge in [0.2, 0.25) is 10.3 Å². The van der Waals surface area contributed by atoms with E-state index in [1.807, 2.05) is 0 Å². The lowest BCUT2D eigenvalue weighted by Crippen LogP contribution is -2.19. The molecule has 0 aliphatic rings. The summed E-state index contributed by atoms with van der Waals surface area (Å²) in [4.78, 5) is 16.2. The number of urea groups is 1. The number of hydrogen-bond acceptors (Lipinski definition) is 5. The number of benzene rings is 2. The zero-order chi connectivity index (χ0) is 17.6. The van der Waals surface area contributed by atoms with Crippen LogP contribution in [0.2, 0.25) is 5.02 Å². The maximum absolute atomic E-state index is 12.9. The molecule has 0 bridgehead atoms. The van der Waals surface area contributed by atoms with Gasteiger partial charge in [-0.25, -0.2) is 9.18 Å². The molecule has 0 fully saturated rings. The molecule has 0 aliphatic carbocycles. The van der Waals surface area contributed by atoms with Crippen LogP contribution in [0.1, 0.15) is 5.56 Å². The fourth-order valence-corrected chi connectivity index (χ4v) is 3.54. The first kappa shape index (κ1) is 17.7. The number of amides is 2. The molecular formula is C16H12ClFN4OS2. The summed E-state index contributed by atoms with van der Waals surface area (Å²) < 4.78 is 17.0.